The number of anilines is 1. The lowest BCUT2D eigenvalue weighted by atomic mass is 9.98. The van der Waals surface area contributed by atoms with Crippen molar-refractivity contribution in [1.82, 2.24) is 4.90 Å². The molecular formula is C26H20ClFN2O2. The van der Waals surface area contributed by atoms with Crippen LogP contribution in [0.4, 0.5) is 10.1 Å². The number of nitrogens with zero attached hydrogens (tertiary/aromatic N) is 2. The van der Waals surface area contributed by atoms with Crippen molar-refractivity contribution in [3.05, 3.63) is 106 Å². The van der Waals surface area contributed by atoms with Crippen LogP contribution >= 0.6 is 11.6 Å². The number of para-hydroxylation sites is 1. The number of aryl methyl sites for hydroxylation is 1. The Balaban J connectivity index is 1.63. The number of hydrogen-bond acceptors (Lipinski definition) is 3. The van der Waals surface area contributed by atoms with Gasteiger partial charge in [-0.1, -0.05) is 60.1 Å². The predicted octanol–water partition coefficient (Wildman–Crippen LogP) is 5.21. The number of carbonyl (C=O) groups excluding carboxylic acids is 2. The highest BCUT2D eigenvalue weighted by Crippen LogP contribution is 2.38. The van der Waals surface area contributed by atoms with Gasteiger partial charge in [-0.15, -0.1) is 0 Å². The van der Waals surface area contributed by atoms with Gasteiger partial charge in [-0.05, 0) is 48.2 Å². The highest BCUT2D eigenvalue weighted by Gasteiger charge is 2.42. The summed E-state index contributed by atoms with van der Waals surface area (Å²) >= 11 is 6.06. The van der Waals surface area contributed by atoms with E-state index in [0.717, 1.165) is 29.0 Å². The number of halogens is 2. The van der Waals surface area contributed by atoms with Crippen LogP contribution in [0.1, 0.15) is 23.1 Å². The fourth-order valence-corrected chi connectivity index (χ4v) is 4.52. The molecule has 160 valence electrons. The van der Waals surface area contributed by atoms with Crippen LogP contribution in [0.15, 0.2) is 78.5 Å². The van der Waals surface area contributed by atoms with Crippen LogP contribution < -0.4 is 4.90 Å². The second-order valence-corrected chi connectivity index (χ2v) is 8.34. The van der Waals surface area contributed by atoms with E-state index in [0.29, 0.717) is 34.0 Å². The first-order chi connectivity index (χ1) is 15.5. The van der Waals surface area contributed by atoms with Gasteiger partial charge in [-0.25, -0.2) is 4.39 Å². The maximum atomic E-state index is 14.3. The van der Waals surface area contributed by atoms with Crippen molar-refractivity contribution in [2.24, 2.45) is 0 Å². The molecule has 0 aromatic heterocycles. The number of amides is 2. The SMILES string of the molecule is O=C1C(c2ccc(Cl)cc2)=C(N2CCCc3ccccc32)C(=O)N1Cc1ccccc1F. The van der Waals surface area contributed by atoms with E-state index in [9.17, 15) is 14.0 Å². The Morgan fingerprint density at radius 1 is 0.875 bits per heavy atom. The Hall–Kier alpha value is -3.44. The zero-order valence-corrected chi connectivity index (χ0v) is 18.0. The summed E-state index contributed by atoms with van der Waals surface area (Å²) in [5, 5.41) is 0.541. The van der Waals surface area contributed by atoms with Crippen LogP contribution in [0.2, 0.25) is 5.02 Å². The van der Waals surface area contributed by atoms with Crippen molar-refractivity contribution >= 4 is 34.7 Å². The Morgan fingerprint density at radius 3 is 2.38 bits per heavy atom. The second kappa shape index (κ2) is 8.24. The zero-order valence-electron chi connectivity index (χ0n) is 17.2. The topological polar surface area (TPSA) is 40.6 Å². The highest BCUT2D eigenvalue weighted by molar-refractivity contribution is 6.37. The average Bonchev–Trinajstić information content (AvgIpc) is 3.05. The fourth-order valence-electron chi connectivity index (χ4n) is 4.40. The van der Waals surface area contributed by atoms with Gasteiger partial charge in [0.05, 0.1) is 12.1 Å². The summed E-state index contributed by atoms with van der Waals surface area (Å²) in [5.41, 5.74) is 3.62. The van der Waals surface area contributed by atoms with Gasteiger partial charge in [0, 0.05) is 22.8 Å². The minimum Gasteiger partial charge on any atom is -0.336 e. The van der Waals surface area contributed by atoms with E-state index in [1.165, 1.54) is 6.07 Å². The largest absolute Gasteiger partial charge is 0.336 e. The van der Waals surface area contributed by atoms with E-state index < -0.39 is 17.6 Å². The summed E-state index contributed by atoms with van der Waals surface area (Å²) in [5.74, 6) is -1.29. The third kappa shape index (κ3) is 3.49. The average molecular weight is 447 g/mol. The van der Waals surface area contributed by atoms with E-state index in [1.807, 2.05) is 29.2 Å². The molecule has 2 amide bonds. The van der Waals surface area contributed by atoms with Gasteiger partial charge >= 0.3 is 0 Å². The number of carbonyl (C=O) groups is 2. The van der Waals surface area contributed by atoms with Crippen LogP contribution in [-0.2, 0) is 22.6 Å². The van der Waals surface area contributed by atoms with Gasteiger partial charge in [0.15, 0.2) is 0 Å². The molecule has 2 heterocycles. The van der Waals surface area contributed by atoms with Crippen LogP contribution in [0.25, 0.3) is 5.57 Å². The third-order valence-electron chi connectivity index (χ3n) is 5.94. The van der Waals surface area contributed by atoms with Gasteiger partial charge < -0.3 is 4.90 Å². The predicted molar refractivity (Wildman–Crippen MR) is 122 cm³/mol. The van der Waals surface area contributed by atoms with E-state index in [2.05, 4.69) is 0 Å². The summed E-state index contributed by atoms with van der Waals surface area (Å²) in [6.45, 7) is 0.496. The van der Waals surface area contributed by atoms with Crippen LogP contribution in [-0.4, -0.2) is 23.3 Å². The molecule has 6 heteroatoms. The molecule has 2 aliphatic rings. The lowest BCUT2D eigenvalue weighted by Gasteiger charge is -2.32. The summed E-state index contributed by atoms with van der Waals surface area (Å²) in [6, 6.07) is 21.0. The minimum absolute atomic E-state index is 0.125. The quantitative estimate of drug-likeness (QED) is 0.516. The normalized spacial score (nSPS) is 16.1. The summed E-state index contributed by atoms with van der Waals surface area (Å²) < 4.78 is 14.3. The van der Waals surface area contributed by atoms with Crippen molar-refractivity contribution in [1.29, 1.82) is 0 Å². The number of benzene rings is 3. The molecule has 0 saturated heterocycles. The van der Waals surface area contributed by atoms with Crippen molar-refractivity contribution < 1.29 is 14.0 Å². The van der Waals surface area contributed by atoms with Crippen molar-refractivity contribution in [2.75, 3.05) is 11.4 Å². The second-order valence-electron chi connectivity index (χ2n) is 7.90. The van der Waals surface area contributed by atoms with E-state index >= 15 is 0 Å². The first kappa shape index (κ1) is 20.5. The smallest absolute Gasteiger partial charge is 0.278 e. The Labute approximate surface area is 190 Å². The monoisotopic (exact) mass is 446 g/mol. The number of imide groups is 1. The molecule has 0 bridgehead atoms. The number of rotatable bonds is 4. The van der Waals surface area contributed by atoms with Gasteiger partial charge in [-0.3, -0.25) is 14.5 Å². The molecule has 0 unspecified atom stereocenters. The molecule has 2 aliphatic heterocycles. The Bertz CT molecular complexity index is 1250. The molecule has 0 N–H and O–H groups in total. The highest BCUT2D eigenvalue weighted by atomic mass is 35.5. The van der Waals surface area contributed by atoms with Crippen molar-refractivity contribution in [3.63, 3.8) is 0 Å². The molecule has 0 radical (unpaired) electrons. The molecule has 3 aromatic carbocycles. The Kier molecular flexibility index (Phi) is 5.27. The van der Waals surface area contributed by atoms with Crippen LogP contribution in [0.3, 0.4) is 0 Å². The maximum Gasteiger partial charge on any atom is 0.278 e. The lowest BCUT2D eigenvalue weighted by molar-refractivity contribution is -0.137. The number of hydrogen-bond donors (Lipinski definition) is 0. The molecule has 0 saturated carbocycles. The van der Waals surface area contributed by atoms with Gasteiger partial charge in [0.2, 0.25) is 0 Å². The molecule has 0 aliphatic carbocycles. The van der Waals surface area contributed by atoms with E-state index in [4.69, 9.17) is 11.6 Å². The van der Waals surface area contributed by atoms with Gasteiger partial charge in [0.25, 0.3) is 11.8 Å². The molecule has 4 nitrogen and oxygen atoms in total. The fraction of sp³-hybridized carbons (Fsp3) is 0.154. The van der Waals surface area contributed by atoms with Crippen molar-refractivity contribution in [2.45, 2.75) is 19.4 Å². The first-order valence-electron chi connectivity index (χ1n) is 10.5. The lowest BCUT2D eigenvalue weighted by Crippen LogP contribution is -2.37. The third-order valence-corrected chi connectivity index (χ3v) is 6.19. The standard InChI is InChI=1S/C26H20ClFN2O2/c27-20-13-11-18(12-14-20)23-24(29-15-5-8-17-6-2-4-10-22(17)29)26(32)30(25(23)31)16-19-7-1-3-9-21(19)28/h1-4,6-7,9-14H,5,8,15-16H2. The van der Waals surface area contributed by atoms with Crippen molar-refractivity contribution in [3.8, 4) is 0 Å². The van der Waals surface area contributed by atoms with Crippen LogP contribution in [0, 0.1) is 5.82 Å². The minimum atomic E-state index is -0.446. The summed E-state index contributed by atoms with van der Waals surface area (Å²) in [7, 11) is 0. The first-order valence-corrected chi connectivity index (χ1v) is 10.9. The summed E-state index contributed by atoms with van der Waals surface area (Å²) in [4.78, 5) is 30.3. The van der Waals surface area contributed by atoms with E-state index in [-0.39, 0.29) is 6.54 Å². The maximum absolute atomic E-state index is 14.3. The van der Waals surface area contributed by atoms with Gasteiger partial charge in [-0.2, -0.15) is 0 Å². The number of fused-ring (bicyclic) bond motifs is 1. The summed E-state index contributed by atoms with van der Waals surface area (Å²) in [6.07, 6.45) is 1.78. The molecule has 0 fully saturated rings. The molecular weight excluding hydrogens is 427 g/mol. The molecule has 32 heavy (non-hydrogen) atoms. The zero-order chi connectivity index (χ0) is 22.2. The molecule has 0 atom stereocenters. The molecule has 0 spiro atoms. The van der Waals surface area contributed by atoms with E-state index in [1.54, 1.807) is 42.5 Å². The molecule has 5 rings (SSSR count). The van der Waals surface area contributed by atoms with Crippen LogP contribution in [0.5, 0.6) is 0 Å². The Morgan fingerprint density at radius 2 is 1.59 bits per heavy atom. The molecule has 3 aromatic rings. The van der Waals surface area contributed by atoms with Gasteiger partial charge in [0.1, 0.15) is 11.5 Å².